The van der Waals surface area contributed by atoms with Gasteiger partial charge in [0.2, 0.25) is 0 Å². The van der Waals surface area contributed by atoms with Crippen LogP contribution in [-0.2, 0) is 14.6 Å². The molecule has 0 fully saturated rings. The average Bonchev–Trinajstić information content (AvgIpc) is 2.39. The SMILES string of the molecule is CCOc1c(S(C)(=O)=O)ccc(C(=O)CC(=O)C(C)C)c1Cl. The maximum atomic E-state index is 12.2. The van der Waals surface area contributed by atoms with Crippen molar-refractivity contribution < 1.29 is 22.7 Å². The molecule has 0 aromatic heterocycles. The summed E-state index contributed by atoms with van der Waals surface area (Å²) in [7, 11) is -3.54. The van der Waals surface area contributed by atoms with Crippen LogP contribution in [0.15, 0.2) is 17.0 Å². The molecule has 0 bridgehead atoms. The van der Waals surface area contributed by atoms with Gasteiger partial charge in [0, 0.05) is 17.7 Å². The minimum absolute atomic E-state index is 0.0467. The number of rotatable bonds is 7. The van der Waals surface area contributed by atoms with Crippen LogP contribution in [0.5, 0.6) is 5.75 Å². The summed E-state index contributed by atoms with van der Waals surface area (Å²) in [5.74, 6) is -0.963. The highest BCUT2D eigenvalue weighted by atomic mass is 35.5. The first-order valence-corrected chi connectivity index (χ1v) is 9.07. The fourth-order valence-corrected chi connectivity index (χ4v) is 2.98. The number of ketones is 2. The molecule has 0 aliphatic rings. The van der Waals surface area contributed by atoms with E-state index in [9.17, 15) is 18.0 Å². The van der Waals surface area contributed by atoms with Crippen LogP contribution in [0, 0.1) is 5.92 Å². The number of Topliss-reactive ketones (excluding diaryl/α,β-unsaturated/α-hetero) is 2. The first-order valence-electron chi connectivity index (χ1n) is 6.80. The molecule has 0 aliphatic heterocycles. The van der Waals surface area contributed by atoms with Gasteiger partial charge in [-0.2, -0.15) is 0 Å². The van der Waals surface area contributed by atoms with Gasteiger partial charge in [-0.3, -0.25) is 9.59 Å². The molecule has 0 aliphatic carbocycles. The van der Waals surface area contributed by atoms with Crippen LogP contribution in [0.2, 0.25) is 5.02 Å². The highest BCUT2D eigenvalue weighted by Gasteiger charge is 2.24. The van der Waals surface area contributed by atoms with Gasteiger partial charge in [-0.1, -0.05) is 25.4 Å². The van der Waals surface area contributed by atoms with E-state index in [0.29, 0.717) is 0 Å². The van der Waals surface area contributed by atoms with E-state index in [2.05, 4.69) is 0 Å². The molecular formula is C15H19ClO5S. The number of hydrogen-bond acceptors (Lipinski definition) is 5. The van der Waals surface area contributed by atoms with Crippen LogP contribution in [0.3, 0.4) is 0 Å². The molecule has 1 aromatic rings. The summed E-state index contributed by atoms with van der Waals surface area (Å²) >= 11 is 6.14. The normalized spacial score (nSPS) is 11.5. The third-order valence-electron chi connectivity index (χ3n) is 3.03. The molecule has 0 saturated carbocycles. The number of halogens is 1. The molecule has 0 amide bonds. The molecule has 0 atom stereocenters. The van der Waals surface area contributed by atoms with Crippen LogP contribution in [0.4, 0.5) is 0 Å². The molecule has 7 heteroatoms. The summed E-state index contributed by atoms with van der Waals surface area (Å²) in [5, 5.41) is -0.0775. The van der Waals surface area contributed by atoms with Crippen molar-refractivity contribution in [2.75, 3.05) is 12.9 Å². The second-order valence-corrected chi connectivity index (χ2v) is 7.54. The van der Waals surface area contributed by atoms with E-state index < -0.39 is 15.6 Å². The van der Waals surface area contributed by atoms with Gasteiger partial charge in [0.15, 0.2) is 21.4 Å². The maximum absolute atomic E-state index is 12.2. The number of carbonyl (C=O) groups excluding carboxylic acids is 2. The molecule has 0 radical (unpaired) electrons. The highest BCUT2D eigenvalue weighted by Crippen LogP contribution is 2.35. The van der Waals surface area contributed by atoms with Crippen molar-refractivity contribution in [3.63, 3.8) is 0 Å². The summed E-state index contributed by atoms with van der Waals surface area (Å²) < 4.78 is 28.8. The van der Waals surface area contributed by atoms with E-state index in [-0.39, 0.29) is 46.0 Å². The third kappa shape index (κ3) is 4.30. The Hall–Kier alpha value is -1.40. The largest absolute Gasteiger partial charge is 0.491 e. The summed E-state index contributed by atoms with van der Waals surface area (Å²) in [6.07, 6.45) is 0.756. The van der Waals surface area contributed by atoms with E-state index in [4.69, 9.17) is 16.3 Å². The molecule has 0 saturated heterocycles. The molecular weight excluding hydrogens is 328 g/mol. The topological polar surface area (TPSA) is 77.5 Å². The lowest BCUT2D eigenvalue weighted by atomic mass is 10.00. The first kappa shape index (κ1) is 18.6. The zero-order chi connectivity index (χ0) is 17.1. The minimum Gasteiger partial charge on any atom is -0.491 e. The van der Waals surface area contributed by atoms with Gasteiger partial charge in [0.05, 0.1) is 18.1 Å². The standard InChI is InChI=1S/C15H19ClO5S/c1-5-21-15-13(22(4,19)20)7-6-10(14(15)16)12(18)8-11(17)9(2)3/h6-7,9H,5,8H2,1-4H3. The Kier molecular flexibility index (Phi) is 6.14. The van der Waals surface area contributed by atoms with Crippen molar-refractivity contribution in [1.29, 1.82) is 0 Å². The van der Waals surface area contributed by atoms with Gasteiger partial charge < -0.3 is 4.74 Å². The van der Waals surface area contributed by atoms with E-state index >= 15 is 0 Å². The van der Waals surface area contributed by atoms with Gasteiger partial charge >= 0.3 is 0 Å². The van der Waals surface area contributed by atoms with Crippen molar-refractivity contribution in [3.8, 4) is 5.75 Å². The zero-order valence-electron chi connectivity index (χ0n) is 13.0. The second-order valence-electron chi connectivity index (χ2n) is 5.18. The monoisotopic (exact) mass is 346 g/mol. The molecule has 0 N–H and O–H groups in total. The Balaban J connectivity index is 3.32. The van der Waals surface area contributed by atoms with Crippen LogP contribution in [0.1, 0.15) is 37.6 Å². The number of ether oxygens (including phenoxy) is 1. The van der Waals surface area contributed by atoms with Gasteiger partial charge in [-0.15, -0.1) is 0 Å². The summed E-state index contributed by atoms with van der Waals surface area (Å²) in [4.78, 5) is 23.8. The molecule has 22 heavy (non-hydrogen) atoms. The van der Waals surface area contributed by atoms with Gasteiger partial charge in [-0.05, 0) is 19.1 Å². The Bertz CT molecular complexity index is 692. The third-order valence-corrected chi connectivity index (χ3v) is 4.52. The fraction of sp³-hybridized carbons (Fsp3) is 0.467. The Morgan fingerprint density at radius 2 is 1.86 bits per heavy atom. The zero-order valence-corrected chi connectivity index (χ0v) is 14.5. The van der Waals surface area contributed by atoms with Gasteiger partial charge in [-0.25, -0.2) is 8.42 Å². The fourth-order valence-electron chi connectivity index (χ4n) is 1.78. The van der Waals surface area contributed by atoms with E-state index in [0.717, 1.165) is 6.26 Å². The van der Waals surface area contributed by atoms with Crippen LogP contribution >= 0.6 is 11.6 Å². The molecule has 0 spiro atoms. The molecule has 5 nitrogen and oxygen atoms in total. The van der Waals surface area contributed by atoms with E-state index in [1.807, 2.05) is 0 Å². The second kappa shape index (κ2) is 7.24. The predicted molar refractivity (Wildman–Crippen MR) is 84.5 cm³/mol. The molecule has 122 valence electrons. The lowest BCUT2D eigenvalue weighted by molar-refractivity contribution is -0.121. The highest BCUT2D eigenvalue weighted by molar-refractivity contribution is 7.90. The molecule has 1 aromatic carbocycles. The van der Waals surface area contributed by atoms with Crippen molar-refractivity contribution in [2.24, 2.45) is 5.92 Å². The summed E-state index contributed by atoms with van der Waals surface area (Å²) in [6, 6.07) is 2.59. The number of carbonyl (C=O) groups is 2. The quantitative estimate of drug-likeness (QED) is 0.560. The van der Waals surface area contributed by atoms with Crippen LogP contribution in [0.25, 0.3) is 0 Å². The van der Waals surface area contributed by atoms with E-state index in [1.165, 1.54) is 12.1 Å². The predicted octanol–water partition coefficient (Wildman–Crippen LogP) is 2.94. The van der Waals surface area contributed by atoms with Crippen molar-refractivity contribution in [3.05, 3.63) is 22.7 Å². The minimum atomic E-state index is -3.54. The van der Waals surface area contributed by atoms with Crippen molar-refractivity contribution in [1.82, 2.24) is 0 Å². The van der Waals surface area contributed by atoms with Gasteiger partial charge in [0.1, 0.15) is 10.7 Å². The van der Waals surface area contributed by atoms with Crippen LogP contribution in [-0.4, -0.2) is 32.8 Å². The number of benzene rings is 1. The maximum Gasteiger partial charge on any atom is 0.179 e. The Labute approximate surface area is 135 Å². The van der Waals surface area contributed by atoms with Crippen molar-refractivity contribution >= 4 is 33.0 Å². The molecule has 0 heterocycles. The number of sulfone groups is 1. The molecule has 0 unspecified atom stereocenters. The summed E-state index contributed by atoms with van der Waals surface area (Å²) in [5.41, 5.74) is 0.0894. The summed E-state index contributed by atoms with van der Waals surface area (Å²) in [6.45, 7) is 5.29. The van der Waals surface area contributed by atoms with Crippen molar-refractivity contribution in [2.45, 2.75) is 32.1 Å². The smallest absolute Gasteiger partial charge is 0.179 e. The lowest BCUT2D eigenvalue weighted by Gasteiger charge is -2.13. The molecule has 1 rings (SSSR count). The van der Waals surface area contributed by atoms with E-state index in [1.54, 1.807) is 20.8 Å². The first-order chi connectivity index (χ1) is 10.1. The van der Waals surface area contributed by atoms with Gasteiger partial charge in [0.25, 0.3) is 0 Å². The average molecular weight is 347 g/mol. The van der Waals surface area contributed by atoms with Crippen LogP contribution < -0.4 is 4.74 Å². The number of hydrogen-bond donors (Lipinski definition) is 0. The lowest BCUT2D eigenvalue weighted by Crippen LogP contribution is -2.14. The Morgan fingerprint density at radius 3 is 2.32 bits per heavy atom. The Morgan fingerprint density at radius 1 is 1.27 bits per heavy atom.